The summed E-state index contributed by atoms with van der Waals surface area (Å²) in [7, 11) is -1.83. The Balaban J connectivity index is 0.00000268. The Kier molecular flexibility index (Phi) is 19.9. The van der Waals surface area contributed by atoms with Crippen molar-refractivity contribution in [1.82, 2.24) is 0 Å². The third-order valence-corrected chi connectivity index (χ3v) is 10.8. The zero-order chi connectivity index (χ0) is 31.4. The van der Waals surface area contributed by atoms with Gasteiger partial charge in [-0.3, -0.25) is 9.98 Å². The summed E-state index contributed by atoms with van der Waals surface area (Å²) in [5.41, 5.74) is 2.42. The molecule has 0 spiro atoms. The maximum absolute atomic E-state index is 6.60. The molecule has 0 N–H and O–H groups in total. The van der Waals surface area contributed by atoms with E-state index in [0.717, 1.165) is 64.6 Å². The molecule has 11 heteroatoms. The van der Waals surface area contributed by atoms with Crippen LogP contribution >= 0.6 is 51.7 Å². The van der Waals surface area contributed by atoms with Crippen molar-refractivity contribution in [2.24, 2.45) is 33.7 Å². The topological polar surface area (TPSA) is 43.2 Å². The van der Waals surface area contributed by atoms with E-state index in [2.05, 4.69) is 95.4 Å². The van der Waals surface area contributed by atoms with E-state index < -0.39 is 16.6 Å². The van der Waals surface area contributed by atoms with Gasteiger partial charge >= 0.3 is 39.3 Å². The van der Waals surface area contributed by atoms with E-state index in [4.69, 9.17) is 42.0 Å². The minimum atomic E-state index is -1.54. The molecule has 2 aliphatic rings. The molecule has 0 aromatic carbocycles. The fraction of sp³-hybridized carbons (Fsp3) is 0.933. The van der Waals surface area contributed by atoms with Crippen molar-refractivity contribution < 1.29 is 19.7 Å². The first-order valence-corrected chi connectivity index (χ1v) is 28.1. The first-order chi connectivity index (χ1) is 19.0. The van der Waals surface area contributed by atoms with Crippen LogP contribution in [0.1, 0.15) is 79.1 Å². The van der Waals surface area contributed by atoms with Gasteiger partial charge in [0.1, 0.15) is 0 Å². The second kappa shape index (κ2) is 20.1. The Morgan fingerprint density at radius 1 is 0.659 bits per heavy atom. The summed E-state index contributed by atoms with van der Waals surface area (Å²) in [6.45, 7) is 24.5. The van der Waals surface area contributed by atoms with Crippen LogP contribution in [0.3, 0.4) is 0 Å². The van der Waals surface area contributed by atoms with Gasteiger partial charge in [0.25, 0.3) is 0 Å². The number of aliphatic imine (C=N–C) groups is 2. The van der Waals surface area contributed by atoms with E-state index in [0.29, 0.717) is 35.8 Å². The zero-order valence-electron chi connectivity index (χ0n) is 27.2. The van der Waals surface area contributed by atoms with Gasteiger partial charge in [-0.1, -0.05) is 27.7 Å². The average Bonchev–Trinajstić information content (AvgIpc) is 2.80. The number of nitrogens with zero attached hydrogens (tertiary/aromatic N) is 2. The summed E-state index contributed by atoms with van der Waals surface area (Å²) in [5.74, 6) is 1.93. The minimum absolute atomic E-state index is 0.263. The molecule has 4 atom stereocenters. The van der Waals surface area contributed by atoms with Gasteiger partial charge in [0, 0.05) is 24.0 Å². The molecule has 0 radical (unpaired) electrons. The molecule has 2 rings (SSSR count). The fourth-order valence-electron chi connectivity index (χ4n) is 6.16. The maximum atomic E-state index is 6.60. The number of halogens is 4. The van der Waals surface area contributed by atoms with Crippen molar-refractivity contribution in [3.63, 3.8) is 0 Å². The summed E-state index contributed by atoms with van der Waals surface area (Å²) in [5, 5.41) is 0.527. The van der Waals surface area contributed by atoms with Crippen molar-refractivity contribution in [3.8, 4) is 0 Å². The van der Waals surface area contributed by atoms with E-state index in [1.807, 2.05) is 0 Å². The van der Waals surface area contributed by atoms with Crippen molar-refractivity contribution in [1.29, 1.82) is 0 Å². The summed E-state index contributed by atoms with van der Waals surface area (Å²) < 4.78 is 12.5. The van der Waals surface area contributed by atoms with Crippen LogP contribution in [-0.4, -0.2) is 64.1 Å². The summed E-state index contributed by atoms with van der Waals surface area (Å²) in [6.07, 6.45) is 7.97. The SMILES string of the molecule is CC1CC(Cl)CC(C)C1N=C(CCCO[Si](C)(C)C)C(CCCO[Si](C)(C)C)=NC1C(C)CC(Cl)CC1C.[Br][Ni][Br]. The first kappa shape index (κ1) is 40.8. The third kappa shape index (κ3) is 17.3. The summed E-state index contributed by atoms with van der Waals surface area (Å²) in [4.78, 5) is 11.1. The Bertz CT molecular complexity index is 726. The molecule has 2 aliphatic carbocycles. The van der Waals surface area contributed by atoms with Gasteiger partial charge in [0.2, 0.25) is 0 Å². The number of hydrogen-bond donors (Lipinski definition) is 0. The average molecular weight is 824 g/mol. The van der Waals surface area contributed by atoms with E-state index >= 15 is 0 Å². The number of hydrogen-bond acceptors (Lipinski definition) is 4. The third-order valence-electron chi connectivity index (χ3n) is 7.97. The van der Waals surface area contributed by atoms with Gasteiger partial charge < -0.3 is 8.85 Å². The molecule has 0 heterocycles. The van der Waals surface area contributed by atoms with E-state index in [-0.39, 0.29) is 10.8 Å². The standard InChI is InChI=1S/C30H58Cl2N2O2Si2.2BrH.Ni/c1-21-17-25(31)18-22(2)29(21)33-27(13-11-15-35-37(5,6)7)28(14-12-16-36-38(8,9)10)34-30-23(3)19-26(32)20-24(30)4;;;/h21-26,29-30H,11-20H2,1-10H3;2*1H;/q;;;+2/p-2. The molecule has 0 aliphatic heterocycles. The molecule has 0 bridgehead atoms. The molecule has 2 fully saturated rings. The van der Waals surface area contributed by atoms with Gasteiger partial charge in [-0.15, -0.1) is 23.2 Å². The molecular weight excluding hydrogens is 766 g/mol. The van der Waals surface area contributed by atoms with Crippen molar-refractivity contribution in [3.05, 3.63) is 0 Å². The molecule has 4 nitrogen and oxygen atoms in total. The number of rotatable bonds is 13. The quantitative estimate of drug-likeness (QED) is 0.0804. The van der Waals surface area contributed by atoms with Crippen molar-refractivity contribution >= 4 is 79.7 Å². The Morgan fingerprint density at radius 3 is 1.17 bits per heavy atom. The van der Waals surface area contributed by atoms with Crippen LogP contribution in [0, 0.1) is 23.7 Å². The van der Waals surface area contributed by atoms with E-state index in [1.54, 1.807) is 0 Å². The van der Waals surface area contributed by atoms with Crippen LogP contribution in [0.15, 0.2) is 9.98 Å². The van der Waals surface area contributed by atoms with Gasteiger partial charge in [-0.25, -0.2) is 0 Å². The van der Waals surface area contributed by atoms with E-state index in [1.165, 1.54) is 22.3 Å². The van der Waals surface area contributed by atoms with Crippen LogP contribution < -0.4 is 0 Å². The normalized spacial score (nSPS) is 32.0. The molecule has 246 valence electrons. The van der Waals surface area contributed by atoms with Gasteiger partial charge in [0.05, 0.1) is 23.5 Å². The molecule has 0 aromatic heterocycles. The number of alkyl halides is 2. The van der Waals surface area contributed by atoms with Crippen molar-refractivity contribution in [2.75, 3.05) is 13.2 Å². The molecule has 41 heavy (non-hydrogen) atoms. The van der Waals surface area contributed by atoms with Crippen LogP contribution in [0.25, 0.3) is 0 Å². The monoisotopic (exact) mass is 820 g/mol. The summed E-state index contributed by atoms with van der Waals surface area (Å²) >= 11 is 19.2. The van der Waals surface area contributed by atoms with Crippen LogP contribution in [0.5, 0.6) is 0 Å². The molecule has 0 amide bonds. The Labute approximate surface area is 285 Å². The van der Waals surface area contributed by atoms with Crippen molar-refractivity contribution in [2.45, 2.75) is 141 Å². The predicted octanol–water partition coefficient (Wildman–Crippen LogP) is 10.9. The Morgan fingerprint density at radius 2 is 0.927 bits per heavy atom. The second-order valence-corrected chi connectivity index (χ2v) is 29.6. The Hall–Kier alpha value is 1.73. The summed E-state index contributed by atoms with van der Waals surface area (Å²) in [6, 6.07) is 0.601. The zero-order valence-corrected chi connectivity index (χ0v) is 34.9. The van der Waals surface area contributed by atoms with Crippen LogP contribution in [0.4, 0.5) is 0 Å². The molecule has 2 saturated carbocycles. The van der Waals surface area contributed by atoms with Crippen LogP contribution in [0.2, 0.25) is 39.3 Å². The van der Waals surface area contributed by atoms with Gasteiger partial charge in [0.15, 0.2) is 16.6 Å². The fourth-order valence-corrected chi connectivity index (χ4v) is 8.79. The van der Waals surface area contributed by atoms with E-state index in [9.17, 15) is 0 Å². The first-order valence-electron chi connectivity index (χ1n) is 15.5. The van der Waals surface area contributed by atoms with Gasteiger partial charge in [-0.05, 0) is 114 Å². The second-order valence-electron chi connectivity index (χ2n) is 14.4. The predicted molar refractivity (Wildman–Crippen MR) is 192 cm³/mol. The molecule has 0 saturated heterocycles. The molecular formula is C30H58Br2Cl2N2NiO2Si2. The molecule has 0 aromatic rings. The molecule has 4 unspecified atom stereocenters. The van der Waals surface area contributed by atoms with Gasteiger partial charge in [-0.2, -0.15) is 0 Å². The van der Waals surface area contributed by atoms with Crippen LogP contribution in [-0.2, 0) is 19.7 Å².